The van der Waals surface area contributed by atoms with Gasteiger partial charge in [-0.1, -0.05) is 13.0 Å². The van der Waals surface area contributed by atoms with Crippen LogP contribution in [0.1, 0.15) is 31.2 Å². The molecule has 4 nitrogen and oxygen atoms in total. The first-order valence-corrected chi connectivity index (χ1v) is 10.5. The van der Waals surface area contributed by atoms with Crippen LogP contribution in [0.5, 0.6) is 0 Å². The van der Waals surface area contributed by atoms with Gasteiger partial charge >= 0.3 is 0 Å². The molecular formula is C24H24F2N4. The zero-order valence-corrected chi connectivity index (χ0v) is 17.2. The van der Waals surface area contributed by atoms with E-state index in [-0.39, 0.29) is 5.82 Å². The minimum absolute atomic E-state index is 0.315. The minimum Gasteiger partial charge on any atom is -0.304 e. The molecule has 0 radical (unpaired) electrons. The second kappa shape index (κ2) is 7.43. The molecule has 1 aliphatic heterocycles. The van der Waals surface area contributed by atoms with E-state index in [0.29, 0.717) is 33.6 Å². The highest BCUT2D eigenvalue weighted by molar-refractivity contribution is 5.87. The molecule has 1 aliphatic rings. The number of piperidine rings is 1. The van der Waals surface area contributed by atoms with Crippen LogP contribution in [0, 0.1) is 11.6 Å². The number of aromatic nitrogens is 3. The highest BCUT2D eigenvalue weighted by atomic mass is 19.1. The molecule has 6 heteroatoms. The predicted octanol–water partition coefficient (Wildman–Crippen LogP) is 5.27. The molecular weight excluding hydrogens is 382 g/mol. The van der Waals surface area contributed by atoms with E-state index in [9.17, 15) is 4.39 Å². The standard InChI is InChI=1S/C24H24F2N4/c1-3-30-8-6-15(7-9-30)17-10-16-4-5-22(27-23(16)20(25)12-17)18-11-19-14-29(2)28-24(19)21(26)13-18/h4-5,10-15H,3,6-9H2,1-2H3. The van der Waals surface area contributed by atoms with Gasteiger partial charge in [0.15, 0.2) is 5.82 Å². The van der Waals surface area contributed by atoms with E-state index >= 15 is 4.39 Å². The predicted molar refractivity (Wildman–Crippen MR) is 115 cm³/mol. The number of hydrogen-bond donors (Lipinski definition) is 0. The molecule has 2 aromatic heterocycles. The summed E-state index contributed by atoms with van der Waals surface area (Å²) in [5, 5.41) is 5.62. The summed E-state index contributed by atoms with van der Waals surface area (Å²) in [4.78, 5) is 6.96. The van der Waals surface area contributed by atoms with Gasteiger partial charge in [0, 0.05) is 29.6 Å². The lowest BCUT2D eigenvalue weighted by atomic mass is 9.88. The van der Waals surface area contributed by atoms with E-state index in [4.69, 9.17) is 0 Å². The molecule has 0 atom stereocenters. The molecule has 154 valence electrons. The quantitative estimate of drug-likeness (QED) is 0.465. The summed E-state index contributed by atoms with van der Waals surface area (Å²) in [6.07, 6.45) is 3.86. The number of rotatable bonds is 3. The van der Waals surface area contributed by atoms with Crippen molar-refractivity contribution in [2.45, 2.75) is 25.7 Å². The second-order valence-electron chi connectivity index (χ2n) is 8.18. The van der Waals surface area contributed by atoms with Crippen LogP contribution in [0.15, 0.2) is 42.6 Å². The van der Waals surface area contributed by atoms with Gasteiger partial charge in [-0.3, -0.25) is 4.68 Å². The van der Waals surface area contributed by atoms with Crippen LogP contribution in [0.3, 0.4) is 0 Å². The lowest BCUT2D eigenvalue weighted by Gasteiger charge is -2.31. The molecule has 0 spiro atoms. The van der Waals surface area contributed by atoms with Gasteiger partial charge in [0.05, 0.1) is 5.69 Å². The van der Waals surface area contributed by atoms with Crippen molar-refractivity contribution in [2.24, 2.45) is 7.05 Å². The van der Waals surface area contributed by atoms with Crippen LogP contribution in [-0.2, 0) is 7.05 Å². The van der Waals surface area contributed by atoms with Gasteiger partial charge in [-0.15, -0.1) is 0 Å². The Hall–Kier alpha value is -2.86. The first-order chi connectivity index (χ1) is 14.5. The summed E-state index contributed by atoms with van der Waals surface area (Å²) >= 11 is 0. The number of hydrogen-bond acceptors (Lipinski definition) is 3. The van der Waals surface area contributed by atoms with E-state index in [0.717, 1.165) is 43.4 Å². The summed E-state index contributed by atoms with van der Waals surface area (Å²) < 4.78 is 31.1. The Labute approximate surface area is 174 Å². The Morgan fingerprint density at radius 1 is 0.967 bits per heavy atom. The normalized spacial score (nSPS) is 16.0. The van der Waals surface area contributed by atoms with Crippen molar-refractivity contribution >= 4 is 21.8 Å². The van der Waals surface area contributed by atoms with Crippen molar-refractivity contribution in [2.75, 3.05) is 19.6 Å². The third-order valence-corrected chi connectivity index (χ3v) is 6.25. The Morgan fingerprint density at radius 2 is 1.73 bits per heavy atom. The van der Waals surface area contributed by atoms with Crippen molar-refractivity contribution in [1.82, 2.24) is 19.7 Å². The summed E-state index contributed by atoms with van der Waals surface area (Å²) in [5.41, 5.74) is 2.87. The number of pyridine rings is 1. The van der Waals surface area contributed by atoms with Gasteiger partial charge < -0.3 is 4.90 Å². The zero-order valence-electron chi connectivity index (χ0n) is 17.2. The molecule has 3 heterocycles. The molecule has 0 saturated carbocycles. The van der Waals surface area contributed by atoms with Crippen LogP contribution in [0.25, 0.3) is 33.1 Å². The zero-order chi connectivity index (χ0) is 20.8. The summed E-state index contributed by atoms with van der Waals surface area (Å²) in [6.45, 7) is 5.36. The maximum Gasteiger partial charge on any atom is 0.151 e. The Kier molecular flexibility index (Phi) is 4.74. The van der Waals surface area contributed by atoms with Crippen molar-refractivity contribution in [3.8, 4) is 11.3 Å². The molecule has 1 saturated heterocycles. The van der Waals surface area contributed by atoms with Crippen LogP contribution in [0.2, 0.25) is 0 Å². The summed E-state index contributed by atoms with van der Waals surface area (Å²) in [7, 11) is 1.76. The first kappa shape index (κ1) is 19.1. The number of fused-ring (bicyclic) bond motifs is 2. The molecule has 30 heavy (non-hydrogen) atoms. The topological polar surface area (TPSA) is 34.0 Å². The van der Waals surface area contributed by atoms with Gasteiger partial charge in [0.2, 0.25) is 0 Å². The highest BCUT2D eigenvalue weighted by Gasteiger charge is 2.21. The van der Waals surface area contributed by atoms with Crippen LogP contribution in [0.4, 0.5) is 8.78 Å². The first-order valence-electron chi connectivity index (χ1n) is 10.5. The van der Waals surface area contributed by atoms with Crippen LogP contribution in [-0.4, -0.2) is 39.3 Å². The molecule has 0 N–H and O–H groups in total. The van der Waals surface area contributed by atoms with Gasteiger partial charge in [-0.2, -0.15) is 5.10 Å². The molecule has 0 aliphatic carbocycles. The lowest BCUT2D eigenvalue weighted by Crippen LogP contribution is -2.32. The third kappa shape index (κ3) is 3.35. The molecule has 1 fully saturated rings. The molecule has 0 amide bonds. The number of benzene rings is 2. The lowest BCUT2D eigenvalue weighted by molar-refractivity contribution is 0.222. The van der Waals surface area contributed by atoms with Crippen LogP contribution >= 0.6 is 0 Å². The highest BCUT2D eigenvalue weighted by Crippen LogP contribution is 2.32. The molecule has 2 aromatic carbocycles. The van der Waals surface area contributed by atoms with Crippen molar-refractivity contribution in [3.63, 3.8) is 0 Å². The van der Waals surface area contributed by atoms with E-state index in [2.05, 4.69) is 28.0 Å². The number of halogens is 2. The van der Waals surface area contributed by atoms with Crippen molar-refractivity contribution < 1.29 is 8.78 Å². The summed E-state index contributed by atoms with van der Waals surface area (Å²) in [5.74, 6) is -0.335. The Bertz CT molecular complexity index is 1240. The smallest absolute Gasteiger partial charge is 0.151 e. The summed E-state index contributed by atoms with van der Waals surface area (Å²) in [6, 6.07) is 10.7. The number of likely N-dealkylation sites (tertiary alicyclic amines) is 1. The second-order valence-corrected chi connectivity index (χ2v) is 8.18. The number of aryl methyl sites for hydroxylation is 1. The maximum atomic E-state index is 15.0. The van der Waals surface area contributed by atoms with E-state index in [1.54, 1.807) is 24.0 Å². The SMILES string of the molecule is CCN1CCC(c2cc(F)c3nc(-c4cc(F)c5nn(C)cc5c4)ccc3c2)CC1. The average Bonchev–Trinajstić information content (AvgIpc) is 3.14. The number of nitrogens with zero attached hydrogens (tertiary/aromatic N) is 4. The third-order valence-electron chi connectivity index (χ3n) is 6.25. The molecule has 4 aromatic rings. The maximum absolute atomic E-state index is 15.0. The van der Waals surface area contributed by atoms with E-state index in [1.165, 1.54) is 6.07 Å². The van der Waals surface area contributed by atoms with Gasteiger partial charge in [0.25, 0.3) is 0 Å². The van der Waals surface area contributed by atoms with Gasteiger partial charge in [0.1, 0.15) is 16.9 Å². The van der Waals surface area contributed by atoms with Gasteiger partial charge in [-0.05, 0) is 74.3 Å². The van der Waals surface area contributed by atoms with E-state index < -0.39 is 5.82 Å². The average molecular weight is 406 g/mol. The van der Waals surface area contributed by atoms with Crippen LogP contribution < -0.4 is 0 Å². The Morgan fingerprint density at radius 3 is 2.50 bits per heavy atom. The molecule has 0 unspecified atom stereocenters. The van der Waals surface area contributed by atoms with E-state index in [1.807, 2.05) is 18.2 Å². The monoisotopic (exact) mass is 406 g/mol. The van der Waals surface area contributed by atoms with Crippen molar-refractivity contribution in [1.29, 1.82) is 0 Å². The molecule has 0 bridgehead atoms. The van der Waals surface area contributed by atoms with Gasteiger partial charge in [-0.25, -0.2) is 13.8 Å². The fourth-order valence-electron chi connectivity index (χ4n) is 4.55. The largest absolute Gasteiger partial charge is 0.304 e. The fourth-order valence-corrected chi connectivity index (χ4v) is 4.55. The fraction of sp³-hybridized carbons (Fsp3) is 0.333. The van der Waals surface area contributed by atoms with Crippen molar-refractivity contribution in [3.05, 3.63) is 59.8 Å². The Balaban J connectivity index is 1.51. The minimum atomic E-state index is -0.403. The molecule has 5 rings (SSSR count).